The van der Waals surface area contributed by atoms with Crippen LogP contribution in [0.2, 0.25) is 5.02 Å². The van der Waals surface area contributed by atoms with Crippen LogP contribution in [-0.4, -0.2) is 16.1 Å². The number of aromatic nitrogens is 1. The lowest BCUT2D eigenvalue weighted by Gasteiger charge is -2.13. The Balaban J connectivity index is 2.13. The van der Waals surface area contributed by atoms with Crippen molar-refractivity contribution in [1.29, 1.82) is 0 Å². The molecule has 1 aromatic heterocycles. The van der Waals surface area contributed by atoms with E-state index in [4.69, 9.17) is 11.6 Å². The summed E-state index contributed by atoms with van der Waals surface area (Å²) in [5.41, 5.74) is 1.78. The summed E-state index contributed by atoms with van der Waals surface area (Å²) in [4.78, 5) is 15.4. The Bertz CT molecular complexity index is 557. The Morgan fingerprint density at radius 2 is 2.00 bits per heavy atom. The Hall–Kier alpha value is -1.87. The molecule has 0 aliphatic heterocycles. The van der Waals surface area contributed by atoms with Gasteiger partial charge in [0.15, 0.2) is 0 Å². The van der Waals surface area contributed by atoms with Crippen molar-refractivity contribution in [3.63, 3.8) is 0 Å². The minimum absolute atomic E-state index is 0.421. The zero-order valence-corrected chi connectivity index (χ0v) is 11.0. The van der Waals surface area contributed by atoms with Gasteiger partial charge in [-0.2, -0.15) is 0 Å². The lowest BCUT2D eigenvalue weighted by atomic mass is 9.93. The standard InChI is InChI=1S/C15H14ClNO2/c16-14-6-2-1-5-12(14)9-13(15(18)19)8-11-4-3-7-17-10-11/h1-7,10,13H,8-9H2,(H,18,19). The third-order valence-electron chi connectivity index (χ3n) is 2.98. The fourth-order valence-corrected chi connectivity index (χ4v) is 2.19. The SMILES string of the molecule is O=C(O)C(Cc1cccnc1)Cc1ccccc1Cl. The average Bonchev–Trinajstić information content (AvgIpc) is 2.41. The second-order valence-corrected chi connectivity index (χ2v) is 4.80. The van der Waals surface area contributed by atoms with Gasteiger partial charge in [-0.1, -0.05) is 35.9 Å². The number of pyridine rings is 1. The van der Waals surface area contributed by atoms with E-state index in [2.05, 4.69) is 4.98 Å². The molecule has 0 saturated carbocycles. The van der Waals surface area contributed by atoms with Crippen LogP contribution in [0.3, 0.4) is 0 Å². The minimum atomic E-state index is -0.816. The summed E-state index contributed by atoms with van der Waals surface area (Å²) >= 11 is 6.07. The van der Waals surface area contributed by atoms with Gasteiger partial charge in [-0.25, -0.2) is 0 Å². The smallest absolute Gasteiger partial charge is 0.307 e. The van der Waals surface area contributed by atoms with Crippen molar-refractivity contribution in [2.45, 2.75) is 12.8 Å². The van der Waals surface area contributed by atoms with E-state index in [1.54, 1.807) is 18.5 Å². The second kappa shape index (κ2) is 6.34. The monoisotopic (exact) mass is 275 g/mol. The summed E-state index contributed by atoms with van der Waals surface area (Å²) in [6.45, 7) is 0. The van der Waals surface area contributed by atoms with Crippen molar-refractivity contribution < 1.29 is 9.90 Å². The third kappa shape index (κ3) is 3.80. The number of hydrogen-bond acceptors (Lipinski definition) is 2. The van der Waals surface area contributed by atoms with Gasteiger partial charge in [0.25, 0.3) is 0 Å². The lowest BCUT2D eigenvalue weighted by molar-refractivity contribution is -0.141. The Kier molecular flexibility index (Phi) is 4.53. The van der Waals surface area contributed by atoms with Crippen molar-refractivity contribution >= 4 is 17.6 Å². The number of aliphatic carboxylic acids is 1. The molecule has 0 radical (unpaired) electrons. The van der Waals surface area contributed by atoms with Crippen LogP contribution < -0.4 is 0 Å². The van der Waals surface area contributed by atoms with E-state index in [1.165, 1.54) is 0 Å². The normalized spacial score (nSPS) is 12.1. The minimum Gasteiger partial charge on any atom is -0.481 e. The molecule has 4 heteroatoms. The van der Waals surface area contributed by atoms with Crippen LogP contribution in [-0.2, 0) is 17.6 Å². The maximum atomic E-state index is 11.4. The Morgan fingerprint density at radius 3 is 2.63 bits per heavy atom. The van der Waals surface area contributed by atoms with Crippen LogP contribution in [0.1, 0.15) is 11.1 Å². The summed E-state index contributed by atoms with van der Waals surface area (Å²) in [5, 5.41) is 9.93. The van der Waals surface area contributed by atoms with Crippen LogP contribution in [0.5, 0.6) is 0 Å². The number of benzene rings is 1. The summed E-state index contributed by atoms with van der Waals surface area (Å²) in [7, 11) is 0. The molecule has 0 fully saturated rings. The number of carboxylic acid groups (broad SMARTS) is 1. The first-order valence-electron chi connectivity index (χ1n) is 6.02. The fraction of sp³-hybridized carbons (Fsp3) is 0.200. The van der Waals surface area contributed by atoms with Crippen molar-refractivity contribution in [2.24, 2.45) is 5.92 Å². The molecule has 2 aromatic rings. The predicted octanol–water partition coefficient (Wildman–Crippen LogP) is 3.22. The topological polar surface area (TPSA) is 50.2 Å². The molecule has 19 heavy (non-hydrogen) atoms. The molecular weight excluding hydrogens is 262 g/mol. The quantitative estimate of drug-likeness (QED) is 0.911. The highest BCUT2D eigenvalue weighted by molar-refractivity contribution is 6.31. The highest BCUT2D eigenvalue weighted by atomic mass is 35.5. The molecule has 1 atom stereocenters. The van der Waals surface area contributed by atoms with E-state index < -0.39 is 11.9 Å². The summed E-state index contributed by atoms with van der Waals surface area (Å²) in [6.07, 6.45) is 4.24. The van der Waals surface area contributed by atoms with Gasteiger partial charge in [-0.15, -0.1) is 0 Å². The van der Waals surface area contributed by atoms with Gasteiger partial charge in [0.05, 0.1) is 5.92 Å². The van der Waals surface area contributed by atoms with Crippen LogP contribution in [0.25, 0.3) is 0 Å². The number of carbonyl (C=O) groups is 1. The molecule has 3 nitrogen and oxygen atoms in total. The third-order valence-corrected chi connectivity index (χ3v) is 3.35. The van der Waals surface area contributed by atoms with Gasteiger partial charge in [0.1, 0.15) is 0 Å². The summed E-state index contributed by atoms with van der Waals surface area (Å²) in [5.74, 6) is -1.31. The van der Waals surface area contributed by atoms with E-state index in [1.807, 2.05) is 30.3 Å². The largest absolute Gasteiger partial charge is 0.481 e. The Morgan fingerprint density at radius 1 is 1.21 bits per heavy atom. The molecule has 0 spiro atoms. The van der Waals surface area contributed by atoms with Crippen LogP contribution in [0, 0.1) is 5.92 Å². The zero-order valence-electron chi connectivity index (χ0n) is 10.3. The molecule has 1 heterocycles. The molecule has 2 rings (SSSR count). The van der Waals surface area contributed by atoms with Crippen LogP contribution in [0.4, 0.5) is 0 Å². The molecule has 0 aliphatic rings. The molecule has 0 amide bonds. The molecule has 1 unspecified atom stereocenters. The first-order chi connectivity index (χ1) is 9.16. The second-order valence-electron chi connectivity index (χ2n) is 4.40. The van der Waals surface area contributed by atoms with Crippen molar-refractivity contribution in [3.05, 3.63) is 64.9 Å². The van der Waals surface area contributed by atoms with Crippen molar-refractivity contribution in [3.8, 4) is 0 Å². The number of halogens is 1. The van der Waals surface area contributed by atoms with Crippen LogP contribution >= 0.6 is 11.6 Å². The molecule has 0 aliphatic carbocycles. The first-order valence-corrected chi connectivity index (χ1v) is 6.39. The summed E-state index contributed by atoms with van der Waals surface area (Å²) in [6, 6.07) is 11.0. The maximum absolute atomic E-state index is 11.4. The van der Waals surface area contributed by atoms with E-state index >= 15 is 0 Å². The lowest BCUT2D eigenvalue weighted by Crippen LogP contribution is -2.19. The van der Waals surface area contributed by atoms with E-state index in [-0.39, 0.29) is 0 Å². The van der Waals surface area contributed by atoms with Gasteiger partial charge in [-0.05, 0) is 36.1 Å². The van der Waals surface area contributed by atoms with E-state index in [9.17, 15) is 9.90 Å². The average molecular weight is 276 g/mol. The van der Waals surface area contributed by atoms with E-state index in [0.717, 1.165) is 11.1 Å². The van der Waals surface area contributed by atoms with Crippen molar-refractivity contribution in [1.82, 2.24) is 4.98 Å². The molecule has 1 aromatic carbocycles. The molecule has 0 bridgehead atoms. The Labute approximate surface area is 116 Å². The number of nitrogens with zero attached hydrogens (tertiary/aromatic N) is 1. The van der Waals surface area contributed by atoms with Crippen molar-refractivity contribution in [2.75, 3.05) is 0 Å². The summed E-state index contributed by atoms with van der Waals surface area (Å²) < 4.78 is 0. The van der Waals surface area contributed by atoms with Crippen LogP contribution in [0.15, 0.2) is 48.8 Å². The highest BCUT2D eigenvalue weighted by Gasteiger charge is 2.19. The molecule has 0 saturated heterocycles. The number of carboxylic acids is 1. The van der Waals surface area contributed by atoms with Gasteiger partial charge in [0, 0.05) is 17.4 Å². The zero-order chi connectivity index (χ0) is 13.7. The number of hydrogen-bond donors (Lipinski definition) is 1. The first kappa shape index (κ1) is 13.6. The van der Waals surface area contributed by atoms with Gasteiger partial charge >= 0.3 is 5.97 Å². The molecule has 98 valence electrons. The fourth-order valence-electron chi connectivity index (χ4n) is 1.98. The maximum Gasteiger partial charge on any atom is 0.307 e. The van der Waals surface area contributed by atoms with Gasteiger partial charge in [-0.3, -0.25) is 9.78 Å². The van der Waals surface area contributed by atoms with Gasteiger partial charge < -0.3 is 5.11 Å². The predicted molar refractivity (Wildman–Crippen MR) is 74.2 cm³/mol. The molecular formula is C15H14ClNO2. The highest BCUT2D eigenvalue weighted by Crippen LogP contribution is 2.21. The molecule has 1 N–H and O–H groups in total. The van der Waals surface area contributed by atoms with E-state index in [0.29, 0.717) is 17.9 Å². The number of rotatable bonds is 5. The van der Waals surface area contributed by atoms with Gasteiger partial charge in [0.2, 0.25) is 0 Å².